The molecule has 0 bridgehead atoms. The summed E-state index contributed by atoms with van der Waals surface area (Å²) < 4.78 is 5.36. The van der Waals surface area contributed by atoms with Crippen LogP contribution in [0.2, 0.25) is 0 Å². The molecule has 0 spiro atoms. The van der Waals surface area contributed by atoms with E-state index in [0.717, 1.165) is 36.9 Å². The molecular weight excluding hydrogens is 324 g/mol. The lowest BCUT2D eigenvalue weighted by molar-refractivity contribution is -0.119. The Labute approximate surface area is 145 Å². The van der Waals surface area contributed by atoms with Crippen molar-refractivity contribution in [3.8, 4) is 0 Å². The Morgan fingerprint density at radius 1 is 1.21 bits per heavy atom. The van der Waals surface area contributed by atoms with Crippen LogP contribution in [-0.2, 0) is 9.53 Å². The molecule has 126 valence electrons. The average Bonchev–Trinajstić information content (AvgIpc) is 3.11. The van der Waals surface area contributed by atoms with Crippen LogP contribution >= 0.6 is 11.3 Å². The Balaban J connectivity index is 1.44. The minimum absolute atomic E-state index is 0.180. The van der Waals surface area contributed by atoms with E-state index in [-0.39, 0.29) is 12.5 Å². The van der Waals surface area contributed by atoms with Crippen LogP contribution in [0.1, 0.15) is 4.88 Å². The zero-order valence-corrected chi connectivity index (χ0v) is 14.1. The van der Waals surface area contributed by atoms with Gasteiger partial charge >= 0.3 is 0 Å². The van der Waals surface area contributed by atoms with E-state index in [1.54, 1.807) is 17.6 Å². The van der Waals surface area contributed by atoms with Gasteiger partial charge in [-0.2, -0.15) is 5.10 Å². The fourth-order valence-electron chi connectivity index (χ4n) is 2.31. The number of benzene rings is 1. The van der Waals surface area contributed by atoms with Crippen LogP contribution in [0.4, 0.5) is 10.7 Å². The number of hydrogen-bond acceptors (Lipinski definition) is 6. The van der Waals surface area contributed by atoms with Crippen molar-refractivity contribution in [2.45, 2.75) is 0 Å². The van der Waals surface area contributed by atoms with E-state index in [1.807, 2.05) is 36.4 Å². The van der Waals surface area contributed by atoms with Crippen LogP contribution in [0.3, 0.4) is 0 Å². The van der Waals surface area contributed by atoms with Gasteiger partial charge in [-0.25, -0.2) is 5.43 Å². The number of para-hydroxylation sites is 1. The predicted octanol–water partition coefficient (Wildman–Crippen LogP) is 2.15. The van der Waals surface area contributed by atoms with E-state index < -0.39 is 0 Å². The summed E-state index contributed by atoms with van der Waals surface area (Å²) >= 11 is 1.66. The van der Waals surface area contributed by atoms with Crippen LogP contribution in [-0.4, -0.2) is 45.0 Å². The van der Waals surface area contributed by atoms with E-state index in [2.05, 4.69) is 26.8 Å². The molecule has 1 aliphatic heterocycles. The van der Waals surface area contributed by atoms with Crippen LogP contribution in [0, 0.1) is 0 Å². The van der Waals surface area contributed by atoms with Crippen molar-refractivity contribution < 1.29 is 9.53 Å². The van der Waals surface area contributed by atoms with Crippen LogP contribution in [0.15, 0.2) is 47.6 Å². The molecule has 1 aliphatic rings. The van der Waals surface area contributed by atoms with Gasteiger partial charge in [-0.1, -0.05) is 18.2 Å². The van der Waals surface area contributed by atoms with Crippen molar-refractivity contribution in [2.75, 3.05) is 43.1 Å². The Morgan fingerprint density at radius 2 is 2.00 bits per heavy atom. The number of hydrogen-bond donors (Lipinski definition) is 2. The summed E-state index contributed by atoms with van der Waals surface area (Å²) in [4.78, 5) is 15.1. The van der Waals surface area contributed by atoms with E-state index in [4.69, 9.17) is 4.74 Å². The van der Waals surface area contributed by atoms with Gasteiger partial charge in [-0.05, 0) is 24.3 Å². The summed E-state index contributed by atoms with van der Waals surface area (Å²) in [6, 6.07) is 13.7. The van der Waals surface area contributed by atoms with Gasteiger partial charge in [0, 0.05) is 23.7 Å². The van der Waals surface area contributed by atoms with E-state index >= 15 is 0 Å². The van der Waals surface area contributed by atoms with Crippen molar-refractivity contribution in [1.29, 1.82) is 0 Å². The number of amides is 1. The highest BCUT2D eigenvalue weighted by atomic mass is 32.1. The van der Waals surface area contributed by atoms with Crippen molar-refractivity contribution in [2.24, 2.45) is 5.10 Å². The SMILES string of the molecule is O=C(CNc1ccccc1)N/N=C/c1ccc(N2CCOCC2)s1. The topological polar surface area (TPSA) is 66.0 Å². The Morgan fingerprint density at radius 3 is 2.79 bits per heavy atom. The summed E-state index contributed by atoms with van der Waals surface area (Å²) in [5.74, 6) is -0.180. The lowest BCUT2D eigenvalue weighted by Gasteiger charge is -2.27. The van der Waals surface area contributed by atoms with Crippen molar-refractivity contribution in [3.63, 3.8) is 0 Å². The molecule has 2 aromatic rings. The quantitative estimate of drug-likeness (QED) is 0.622. The molecular formula is C17H20N4O2S. The third-order valence-electron chi connectivity index (χ3n) is 3.54. The highest BCUT2D eigenvalue weighted by Gasteiger charge is 2.12. The van der Waals surface area contributed by atoms with Gasteiger partial charge in [0.1, 0.15) is 0 Å². The summed E-state index contributed by atoms with van der Waals surface area (Å²) in [5, 5.41) is 8.26. The molecule has 1 aromatic carbocycles. The van der Waals surface area contributed by atoms with Gasteiger partial charge in [0.05, 0.1) is 31.0 Å². The lowest BCUT2D eigenvalue weighted by Crippen LogP contribution is -2.35. The van der Waals surface area contributed by atoms with Crippen molar-refractivity contribution >= 4 is 34.1 Å². The maximum Gasteiger partial charge on any atom is 0.259 e. The Kier molecular flexibility index (Phi) is 5.81. The number of carbonyl (C=O) groups excluding carboxylic acids is 1. The number of hydrazone groups is 1. The van der Waals surface area contributed by atoms with Crippen molar-refractivity contribution in [3.05, 3.63) is 47.3 Å². The number of ether oxygens (including phenoxy) is 1. The lowest BCUT2D eigenvalue weighted by atomic mass is 10.3. The molecule has 0 saturated carbocycles. The van der Waals surface area contributed by atoms with Crippen LogP contribution < -0.4 is 15.6 Å². The fourth-order valence-corrected chi connectivity index (χ4v) is 3.24. The smallest absolute Gasteiger partial charge is 0.259 e. The number of morpholine rings is 1. The van der Waals surface area contributed by atoms with Gasteiger partial charge in [0.15, 0.2) is 0 Å². The highest BCUT2D eigenvalue weighted by Crippen LogP contribution is 2.25. The number of carbonyl (C=O) groups is 1. The normalized spacial score (nSPS) is 14.8. The van der Waals surface area contributed by atoms with Gasteiger partial charge in [-0.15, -0.1) is 11.3 Å². The Hall–Kier alpha value is -2.38. The summed E-state index contributed by atoms with van der Waals surface area (Å²) in [6.45, 7) is 3.56. The maximum absolute atomic E-state index is 11.8. The molecule has 1 aromatic heterocycles. The molecule has 0 radical (unpaired) electrons. The molecule has 1 fully saturated rings. The second kappa shape index (κ2) is 8.47. The van der Waals surface area contributed by atoms with Gasteiger partial charge in [0.2, 0.25) is 0 Å². The number of nitrogens with zero attached hydrogens (tertiary/aromatic N) is 2. The number of thiophene rings is 1. The summed E-state index contributed by atoms with van der Waals surface area (Å²) in [7, 11) is 0. The molecule has 0 unspecified atom stereocenters. The molecule has 0 aliphatic carbocycles. The molecule has 3 rings (SSSR count). The first-order chi connectivity index (χ1) is 11.8. The minimum Gasteiger partial charge on any atom is -0.378 e. The van der Waals surface area contributed by atoms with Crippen LogP contribution in [0.5, 0.6) is 0 Å². The first-order valence-electron chi connectivity index (χ1n) is 7.84. The van der Waals surface area contributed by atoms with Gasteiger partial charge < -0.3 is 15.0 Å². The predicted molar refractivity (Wildman–Crippen MR) is 98.0 cm³/mol. The standard InChI is InChI=1S/C17H20N4O2S/c22-16(13-18-14-4-2-1-3-5-14)20-19-12-15-6-7-17(24-15)21-8-10-23-11-9-21/h1-7,12,18H,8-11,13H2,(H,20,22)/b19-12+. The highest BCUT2D eigenvalue weighted by molar-refractivity contribution is 7.17. The molecule has 2 heterocycles. The van der Waals surface area contributed by atoms with Crippen molar-refractivity contribution in [1.82, 2.24) is 5.43 Å². The zero-order chi connectivity index (χ0) is 16.6. The largest absolute Gasteiger partial charge is 0.378 e. The molecule has 1 amide bonds. The number of anilines is 2. The summed E-state index contributed by atoms with van der Waals surface area (Å²) in [6.07, 6.45) is 1.68. The van der Waals surface area contributed by atoms with Gasteiger partial charge in [0.25, 0.3) is 5.91 Å². The molecule has 7 heteroatoms. The first-order valence-corrected chi connectivity index (χ1v) is 8.66. The minimum atomic E-state index is -0.180. The molecule has 24 heavy (non-hydrogen) atoms. The zero-order valence-electron chi connectivity index (χ0n) is 13.3. The second-order valence-corrected chi connectivity index (χ2v) is 6.38. The van der Waals surface area contributed by atoms with Crippen LogP contribution in [0.25, 0.3) is 0 Å². The molecule has 6 nitrogen and oxygen atoms in total. The second-order valence-electron chi connectivity index (χ2n) is 5.29. The molecule has 1 saturated heterocycles. The van der Waals surface area contributed by atoms with E-state index in [9.17, 15) is 4.79 Å². The van der Waals surface area contributed by atoms with Gasteiger partial charge in [-0.3, -0.25) is 4.79 Å². The summed E-state index contributed by atoms with van der Waals surface area (Å²) in [5.41, 5.74) is 3.44. The maximum atomic E-state index is 11.8. The van der Waals surface area contributed by atoms with E-state index in [1.165, 1.54) is 5.00 Å². The van der Waals surface area contributed by atoms with E-state index in [0.29, 0.717) is 0 Å². The third-order valence-corrected chi connectivity index (χ3v) is 4.62. The molecule has 2 N–H and O–H groups in total. The molecule has 0 atom stereocenters. The average molecular weight is 344 g/mol. The first kappa shape index (κ1) is 16.5. The number of nitrogens with one attached hydrogen (secondary N) is 2. The monoisotopic (exact) mass is 344 g/mol. The fraction of sp³-hybridized carbons (Fsp3) is 0.294. The third kappa shape index (κ3) is 4.81. The number of rotatable bonds is 6. The Bertz CT molecular complexity index is 681.